The first-order valence-electron chi connectivity index (χ1n) is 9.33. The van der Waals surface area contributed by atoms with Crippen LogP contribution in [0.25, 0.3) is 33.8 Å². The van der Waals surface area contributed by atoms with Crippen molar-refractivity contribution >= 4 is 16.7 Å². The number of rotatable bonds is 5. The summed E-state index contributed by atoms with van der Waals surface area (Å²) in [6.45, 7) is 7.92. The maximum atomic E-state index is 12.6. The zero-order chi connectivity index (χ0) is 19.7. The maximum absolute atomic E-state index is 12.6. The first kappa shape index (κ1) is 18.0. The summed E-state index contributed by atoms with van der Waals surface area (Å²) in [7, 11) is 0. The van der Waals surface area contributed by atoms with Gasteiger partial charge in [-0.3, -0.25) is 0 Å². The predicted octanol–water partition coefficient (Wildman–Crippen LogP) is 4.66. The number of fused-ring (bicyclic) bond motifs is 1. The summed E-state index contributed by atoms with van der Waals surface area (Å²) in [5, 5.41) is 4.84. The Labute approximate surface area is 162 Å². The zero-order valence-corrected chi connectivity index (χ0v) is 16.1. The molecule has 0 spiro atoms. The average Bonchev–Trinajstić information content (AvgIpc) is 3.18. The topological polar surface area (TPSA) is 72.4 Å². The fourth-order valence-corrected chi connectivity index (χ4v) is 3.30. The van der Waals surface area contributed by atoms with Crippen LogP contribution in [-0.4, -0.2) is 23.2 Å². The van der Waals surface area contributed by atoms with E-state index in [1.54, 1.807) is 6.07 Å². The molecule has 0 atom stereocenters. The zero-order valence-electron chi connectivity index (χ0n) is 16.1. The number of aromatic nitrogens is 2. The minimum Gasteiger partial charge on any atom is -0.422 e. The van der Waals surface area contributed by atoms with Gasteiger partial charge in [0.25, 0.3) is 5.89 Å². The Hall–Kier alpha value is -3.41. The van der Waals surface area contributed by atoms with Crippen LogP contribution in [-0.2, 0) is 0 Å². The van der Waals surface area contributed by atoms with E-state index in [4.69, 9.17) is 8.94 Å². The summed E-state index contributed by atoms with van der Waals surface area (Å²) >= 11 is 0. The second-order valence-corrected chi connectivity index (χ2v) is 6.58. The molecule has 0 saturated carbocycles. The molecular formula is C22H21N3O3. The van der Waals surface area contributed by atoms with Gasteiger partial charge in [0.15, 0.2) is 0 Å². The van der Waals surface area contributed by atoms with Crippen LogP contribution in [0.1, 0.15) is 19.4 Å². The highest BCUT2D eigenvalue weighted by Gasteiger charge is 2.17. The summed E-state index contributed by atoms with van der Waals surface area (Å²) in [6.07, 6.45) is 0. The van der Waals surface area contributed by atoms with Crippen LogP contribution in [0.4, 0.5) is 5.69 Å². The highest BCUT2D eigenvalue weighted by molar-refractivity contribution is 5.83. The lowest BCUT2D eigenvalue weighted by atomic mass is 10.1. The molecule has 2 aromatic heterocycles. The van der Waals surface area contributed by atoms with Crippen LogP contribution in [0.3, 0.4) is 0 Å². The first-order chi connectivity index (χ1) is 13.6. The van der Waals surface area contributed by atoms with Gasteiger partial charge in [0.1, 0.15) is 11.1 Å². The van der Waals surface area contributed by atoms with Crippen molar-refractivity contribution in [2.45, 2.75) is 20.8 Å². The van der Waals surface area contributed by atoms with Gasteiger partial charge in [-0.25, -0.2) is 4.79 Å². The number of anilines is 1. The van der Waals surface area contributed by atoms with Crippen molar-refractivity contribution in [1.29, 1.82) is 0 Å². The van der Waals surface area contributed by atoms with Crippen LogP contribution in [0.5, 0.6) is 0 Å². The standard InChI is InChI=1S/C22H21N3O3/c1-4-25(5-2)16-11-10-15-12-18(22(26)27-19(15)13-16)21-23-20(24-28-21)17-9-7-6-8-14(17)3/h6-13H,4-5H2,1-3H3. The van der Waals surface area contributed by atoms with Crippen LogP contribution >= 0.6 is 0 Å². The number of nitrogens with zero attached hydrogens (tertiary/aromatic N) is 3. The van der Waals surface area contributed by atoms with E-state index < -0.39 is 5.63 Å². The van der Waals surface area contributed by atoms with Crippen molar-refractivity contribution in [2.24, 2.45) is 0 Å². The summed E-state index contributed by atoms with van der Waals surface area (Å²) < 4.78 is 10.9. The predicted molar refractivity (Wildman–Crippen MR) is 110 cm³/mol. The van der Waals surface area contributed by atoms with Crippen LogP contribution in [0.2, 0.25) is 0 Å². The molecule has 4 rings (SSSR count). The van der Waals surface area contributed by atoms with Crippen LogP contribution in [0.15, 0.2) is 62.3 Å². The van der Waals surface area contributed by atoms with Crippen LogP contribution < -0.4 is 10.5 Å². The third kappa shape index (κ3) is 3.17. The molecule has 2 aromatic carbocycles. The number of aryl methyl sites for hydroxylation is 1. The van der Waals surface area contributed by atoms with Gasteiger partial charge in [0.05, 0.1) is 0 Å². The van der Waals surface area contributed by atoms with E-state index >= 15 is 0 Å². The molecule has 6 nitrogen and oxygen atoms in total. The number of hydrogen-bond donors (Lipinski definition) is 0. The molecule has 0 aliphatic heterocycles. The normalized spacial score (nSPS) is 11.1. The average molecular weight is 375 g/mol. The largest absolute Gasteiger partial charge is 0.422 e. The molecule has 28 heavy (non-hydrogen) atoms. The highest BCUT2D eigenvalue weighted by atomic mass is 16.5. The van der Waals surface area contributed by atoms with Crippen molar-refractivity contribution in [2.75, 3.05) is 18.0 Å². The van der Waals surface area contributed by atoms with Gasteiger partial charge in [0, 0.05) is 35.8 Å². The van der Waals surface area contributed by atoms with Crippen molar-refractivity contribution < 1.29 is 8.94 Å². The molecule has 0 aliphatic carbocycles. The van der Waals surface area contributed by atoms with E-state index in [0.29, 0.717) is 11.4 Å². The van der Waals surface area contributed by atoms with E-state index in [-0.39, 0.29) is 11.5 Å². The van der Waals surface area contributed by atoms with Crippen molar-refractivity contribution in [3.8, 4) is 22.8 Å². The lowest BCUT2D eigenvalue weighted by Gasteiger charge is -2.20. The third-order valence-corrected chi connectivity index (χ3v) is 4.89. The van der Waals surface area contributed by atoms with Gasteiger partial charge in [-0.2, -0.15) is 4.98 Å². The van der Waals surface area contributed by atoms with Gasteiger partial charge in [0.2, 0.25) is 5.82 Å². The molecule has 0 radical (unpaired) electrons. The van der Waals surface area contributed by atoms with Gasteiger partial charge >= 0.3 is 5.63 Å². The fraction of sp³-hybridized carbons (Fsp3) is 0.227. The maximum Gasteiger partial charge on any atom is 0.349 e. The lowest BCUT2D eigenvalue weighted by Crippen LogP contribution is -2.21. The quantitative estimate of drug-likeness (QED) is 0.472. The second kappa shape index (κ2) is 7.31. The molecule has 0 fully saturated rings. The second-order valence-electron chi connectivity index (χ2n) is 6.58. The fourth-order valence-electron chi connectivity index (χ4n) is 3.30. The minimum absolute atomic E-state index is 0.154. The summed E-state index contributed by atoms with van der Waals surface area (Å²) in [5.41, 5.74) is 3.22. The molecule has 6 heteroatoms. The first-order valence-corrected chi connectivity index (χ1v) is 9.33. The monoisotopic (exact) mass is 375 g/mol. The molecule has 0 aliphatic rings. The Morgan fingerprint density at radius 2 is 1.79 bits per heavy atom. The Morgan fingerprint density at radius 3 is 2.54 bits per heavy atom. The van der Waals surface area contributed by atoms with Crippen molar-refractivity contribution in [3.05, 3.63) is 64.5 Å². The summed E-state index contributed by atoms with van der Waals surface area (Å²) in [6, 6.07) is 15.3. The van der Waals surface area contributed by atoms with E-state index in [1.807, 2.05) is 49.4 Å². The molecule has 0 unspecified atom stereocenters. The highest BCUT2D eigenvalue weighted by Crippen LogP contribution is 2.26. The lowest BCUT2D eigenvalue weighted by molar-refractivity contribution is 0.429. The third-order valence-electron chi connectivity index (χ3n) is 4.89. The van der Waals surface area contributed by atoms with Gasteiger partial charge in [-0.05, 0) is 44.5 Å². The molecule has 2 heterocycles. The minimum atomic E-state index is -0.496. The summed E-state index contributed by atoms with van der Waals surface area (Å²) in [5.74, 6) is 0.603. The van der Waals surface area contributed by atoms with Crippen molar-refractivity contribution in [3.63, 3.8) is 0 Å². The molecular weight excluding hydrogens is 354 g/mol. The Balaban J connectivity index is 1.76. The molecule has 0 saturated heterocycles. The molecule has 0 N–H and O–H groups in total. The molecule has 0 bridgehead atoms. The Bertz CT molecular complexity index is 1190. The van der Waals surface area contributed by atoms with Crippen molar-refractivity contribution in [1.82, 2.24) is 10.1 Å². The van der Waals surface area contributed by atoms with E-state index in [0.717, 1.165) is 35.3 Å². The van der Waals surface area contributed by atoms with Crippen LogP contribution in [0, 0.1) is 6.92 Å². The van der Waals surface area contributed by atoms with E-state index in [2.05, 4.69) is 28.9 Å². The van der Waals surface area contributed by atoms with E-state index in [1.165, 1.54) is 0 Å². The van der Waals surface area contributed by atoms with Gasteiger partial charge < -0.3 is 13.8 Å². The SMILES string of the molecule is CCN(CC)c1ccc2cc(-c3nc(-c4ccccc4C)no3)c(=O)oc2c1. The molecule has 4 aromatic rings. The Morgan fingerprint density at radius 1 is 1.00 bits per heavy atom. The molecule has 0 amide bonds. The smallest absolute Gasteiger partial charge is 0.349 e. The number of benzene rings is 2. The summed E-state index contributed by atoms with van der Waals surface area (Å²) in [4.78, 5) is 19.2. The number of hydrogen-bond acceptors (Lipinski definition) is 6. The molecule has 142 valence electrons. The van der Waals surface area contributed by atoms with E-state index in [9.17, 15) is 4.79 Å². The van der Waals surface area contributed by atoms with Gasteiger partial charge in [-0.15, -0.1) is 0 Å². The van der Waals surface area contributed by atoms with Gasteiger partial charge in [-0.1, -0.05) is 29.4 Å². The Kier molecular flexibility index (Phi) is 4.69.